The van der Waals surface area contributed by atoms with E-state index in [1.54, 1.807) is 29.4 Å². The van der Waals surface area contributed by atoms with Gasteiger partial charge in [0, 0.05) is 25.4 Å². The van der Waals surface area contributed by atoms with Crippen molar-refractivity contribution in [1.29, 1.82) is 0 Å². The molecule has 2 aromatic rings. The summed E-state index contributed by atoms with van der Waals surface area (Å²) in [5.74, 6) is -0.296. The van der Waals surface area contributed by atoms with Gasteiger partial charge in [-0.15, -0.1) is 0 Å². The zero-order valence-corrected chi connectivity index (χ0v) is 12.7. The predicted octanol–water partition coefficient (Wildman–Crippen LogP) is 2.49. The van der Waals surface area contributed by atoms with Gasteiger partial charge in [-0.1, -0.05) is 12.1 Å². The van der Waals surface area contributed by atoms with Gasteiger partial charge >= 0.3 is 0 Å². The van der Waals surface area contributed by atoms with Gasteiger partial charge in [-0.05, 0) is 48.2 Å². The zero-order chi connectivity index (χ0) is 16.2. The van der Waals surface area contributed by atoms with E-state index in [1.165, 1.54) is 12.1 Å². The number of carbonyl (C=O) groups is 1. The summed E-state index contributed by atoms with van der Waals surface area (Å²) < 4.78 is 13.1. The lowest BCUT2D eigenvalue weighted by molar-refractivity contribution is -0.132. The van der Waals surface area contributed by atoms with Crippen LogP contribution in [-0.2, 0) is 11.2 Å². The van der Waals surface area contributed by atoms with E-state index in [1.807, 2.05) is 12.1 Å². The highest BCUT2D eigenvalue weighted by Crippen LogP contribution is 2.32. The molecule has 23 heavy (non-hydrogen) atoms. The fourth-order valence-electron chi connectivity index (χ4n) is 3.03. The minimum absolute atomic E-state index is 0.00712. The van der Waals surface area contributed by atoms with Crippen molar-refractivity contribution in [3.8, 4) is 0 Å². The zero-order valence-electron chi connectivity index (χ0n) is 12.7. The van der Waals surface area contributed by atoms with Gasteiger partial charge in [0.25, 0.3) is 0 Å². The molecule has 1 aliphatic rings. The molecule has 1 fully saturated rings. The Kier molecular flexibility index (Phi) is 4.67. The second-order valence-electron chi connectivity index (χ2n) is 5.86. The van der Waals surface area contributed by atoms with Crippen molar-refractivity contribution in [2.24, 2.45) is 0 Å². The first-order valence-electron chi connectivity index (χ1n) is 7.75. The smallest absolute Gasteiger partial charge is 0.223 e. The number of β-amino-alcohol motifs (C(OH)–C–C–N with tert-alkyl or cyclic N) is 1. The van der Waals surface area contributed by atoms with Gasteiger partial charge in [0.05, 0.1) is 12.1 Å². The van der Waals surface area contributed by atoms with E-state index in [4.69, 9.17) is 0 Å². The van der Waals surface area contributed by atoms with E-state index < -0.39 is 6.10 Å². The Morgan fingerprint density at radius 2 is 1.91 bits per heavy atom. The van der Waals surface area contributed by atoms with Crippen LogP contribution >= 0.6 is 0 Å². The number of halogens is 1. The SMILES string of the molecule is O=C(CCc1ccncc1)N1C[C@@H](O)C[C@H]1c1ccc(F)cc1. The molecule has 0 radical (unpaired) electrons. The highest BCUT2D eigenvalue weighted by atomic mass is 19.1. The van der Waals surface area contributed by atoms with E-state index in [0.29, 0.717) is 25.8 Å². The summed E-state index contributed by atoms with van der Waals surface area (Å²) in [6.45, 7) is 0.331. The molecule has 2 heterocycles. The predicted molar refractivity (Wildman–Crippen MR) is 84.0 cm³/mol. The Hall–Kier alpha value is -2.27. The minimum Gasteiger partial charge on any atom is -0.391 e. The average molecular weight is 314 g/mol. The number of amides is 1. The number of carbonyl (C=O) groups excluding carboxylic acids is 1. The first kappa shape index (κ1) is 15.6. The number of hydrogen-bond acceptors (Lipinski definition) is 3. The highest BCUT2D eigenvalue weighted by Gasteiger charge is 2.34. The first-order chi connectivity index (χ1) is 11.1. The second-order valence-corrected chi connectivity index (χ2v) is 5.86. The van der Waals surface area contributed by atoms with E-state index in [9.17, 15) is 14.3 Å². The summed E-state index contributed by atoms with van der Waals surface area (Å²) in [6, 6.07) is 9.74. The molecular weight excluding hydrogens is 295 g/mol. The molecule has 4 nitrogen and oxygen atoms in total. The monoisotopic (exact) mass is 314 g/mol. The van der Waals surface area contributed by atoms with Gasteiger partial charge in [-0.25, -0.2) is 4.39 Å². The number of hydrogen-bond donors (Lipinski definition) is 1. The van der Waals surface area contributed by atoms with Gasteiger partial charge in [0.15, 0.2) is 0 Å². The van der Waals surface area contributed by atoms with Crippen LogP contribution in [0, 0.1) is 5.82 Å². The van der Waals surface area contributed by atoms with Crippen LogP contribution in [0.4, 0.5) is 4.39 Å². The number of aryl methyl sites for hydroxylation is 1. The number of pyridine rings is 1. The molecule has 5 heteroatoms. The minimum atomic E-state index is -0.532. The number of rotatable bonds is 4. The van der Waals surface area contributed by atoms with Gasteiger partial charge in [0.2, 0.25) is 5.91 Å². The largest absolute Gasteiger partial charge is 0.391 e. The van der Waals surface area contributed by atoms with Gasteiger partial charge in [-0.2, -0.15) is 0 Å². The van der Waals surface area contributed by atoms with E-state index >= 15 is 0 Å². The van der Waals surface area contributed by atoms with Crippen LogP contribution in [-0.4, -0.2) is 33.5 Å². The summed E-state index contributed by atoms with van der Waals surface area (Å²) >= 11 is 0. The third kappa shape index (κ3) is 3.74. The lowest BCUT2D eigenvalue weighted by Gasteiger charge is -2.25. The molecule has 3 rings (SSSR count). The molecule has 0 saturated carbocycles. The Morgan fingerprint density at radius 3 is 2.61 bits per heavy atom. The van der Waals surface area contributed by atoms with Crippen molar-refractivity contribution in [2.45, 2.75) is 31.4 Å². The Morgan fingerprint density at radius 1 is 1.22 bits per heavy atom. The fourth-order valence-corrected chi connectivity index (χ4v) is 3.03. The topological polar surface area (TPSA) is 53.4 Å². The van der Waals surface area contributed by atoms with Crippen molar-refractivity contribution in [2.75, 3.05) is 6.54 Å². The molecule has 0 aliphatic carbocycles. The number of nitrogens with zero attached hydrogens (tertiary/aromatic N) is 2. The molecule has 2 atom stereocenters. The maximum absolute atomic E-state index is 13.1. The van der Waals surface area contributed by atoms with Crippen molar-refractivity contribution < 1.29 is 14.3 Å². The molecule has 0 bridgehead atoms. The number of aliphatic hydroxyl groups excluding tert-OH is 1. The molecule has 1 amide bonds. The summed E-state index contributed by atoms with van der Waals surface area (Å²) in [5.41, 5.74) is 1.92. The van der Waals surface area contributed by atoms with Crippen LogP contribution in [0.25, 0.3) is 0 Å². The maximum atomic E-state index is 13.1. The number of aliphatic hydroxyl groups is 1. The molecule has 0 unspecified atom stereocenters. The lowest BCUT2D eigenvalue weighted by atomic mass is 10.0. The lowest BCUT2D eigenvalue weighted by Crippen LogP contribution is -2.31. The van der Waals surface area contributed by atoms with Crippen molar-refractivity contribution in [3.05, 3.63) is 65.7 Å². The van der Waals surface area contributed by atoms with Crippen molar-refractivity contribution in [1.82, 2.24) is 9.88 Å². The van der Waals surface area contributed by atoms with Crippen LogP contribution < -0.4 is 0 Å². The average Bonchev–Trinajstić information content (AvgIpc) is 2.96. The van der Waals surface area contributed by atoms with Gasteiger partial charge in [-0.3, -0.25) is 9.78 Å². The third-order valence-electron chi connectivity index (χ3n) is 4.23. The van der Waals surface area contributed by atoms with Crippen molar-refractivity contribution >= 4 is 5.91 Å². The summed E-state index contributed by atoms with van der Waals surface area (Å²) in [4.78, 5) is 18.2. The number of benzene rings is 1. The molecular formula is C18H19FN2O2. The molecule has 1 aromatic heterocycles. The second kappa shape index (κ2) is 6.87. The van der Waals surface area contributed by atoms with Crippen LogP contribution in [0.15, 0.2) is 48.8 Å². The first-order valence-corrected chi connectivity index (χ1v) is 7.75. The summed E-state index contributed by atoms with van der Waals surface area (Å²) in [5, 5.41) is 9.94. The Balaban J connectivity index is 1.69. The van der Waals surface area contributed by atoms with Crippen LogP contribution in [0.3, 0.4) is 0 Å². The quantitative estimate of drug-likeness (QED) is 0.943. The van der Waals surface area contributed by atoms with E-state index in [0.717, 1.165) is 11.1 Å². The summed E-state index contributed by atoms with van der Waals surface area (Å²) in [6.07, 6.45) is 4.40. The fraction of sp³-hybridized carbons (Fsp3) is 0.333. The van der Waals surface area contributed by atoms with Crippen molar-refractivity contribution in [3.63, 3.8) is 0 Å². The molecule has 1 saturated heterocycles. The third-order valence-corrected chi connectivity index (χ3v) is 4.23. The van der Waals surface area contributed by atoms with Crippen LogP contribution in [0.2, 0.25) is 0 Å². The van der Waals surface area contributed by atoms with E-state index in [-0.39, 0.29) is 17.8 Å². The number of aromatic nitrogens is 1. The molecule has 1 N–H and O–H groups in total. The standard InChI is InChI=1S/C18H19FN2O2/c19-15-4-2-14(3-5-15)17-11-16(22)12-21(17)18(23)6-1-13-7-9-20-10-8-13/h2-5,7-10,16-17,22H,1,6,11-12H2/t16-,17-/m0/s1. The highest BCUT2D eigenvalue weighted by molar-refractivity contribution is 5.77. The van der Waals surface area contributed by atoms with Gasteiger partial charge in [0.1, 0.15) is 5.82 Å². The van der Waals surface area contributed by atoms with E-state index in [2.05, 4.69) is 4.98 Å². The molecule has 120 valence electrons. The summed E-state index contributed by atoms with van der Waals surface area (Å²) in [7, 11) is 0. The molecule has 1 aliphatic heterocycles. The number of likely N-dealkylation sites (tertiary alicyclic amines) is 1. The normalized spacial score (nSPS) is 20.7. The Bertz CT molecular complexity index is 660. The maximum Gasteiger partial charge on any atom is 0.223 e. The van der Waals surface area contributed by atoms with Crippen LogP contribution in [0.1, 0.15) is 30.0 Å². The van der Waals surface area contributed by atoms with Crippen LogP contribution in [0.5, 0.6) is 0 Å². The molecule has 1 aromatic carbocycles. The Labute approximate surface area is 134 Å². The van der Waals surface area contributed by atoms with Gasteiger partial charge < -0.3 is 10.0 Å². The molecule has 0 spiro atoms.